The van der Waals surface area contributed by atoms with Gasteiger partial charge in [-0.15, -0.1) is 0 Å². The number of benzene rings is 1. The monoisotopic (exact) mass is 262 g/mol. The summed E-state index contributed by atoms with van der Waals surface area (Å²) in [6.07, 6.45) is 0. The molecule has 0 aliphatic rings. The van der Waals surface area contributed by atoms with Gasteiger partial charge in [0.2, 0.25) is 0 Å². The minimum Gasteiger partial charge on any atom is -0.481 e. The van der Waals surface area contributed by atoms with E-state index >= 15 is 0 Å². The molecule has 0 fully saturated rings. The lowest BCUT2D eigenvalue weighted by Gasteiger charge is -2.31. The highest BCUT2D eigenvalue weighted by molar-refractivity contribution is 5.77. The van der Waals surface area contributed by atoms with E-state index in [2.05, 4.69) is 53.7 Å². The Kier molecular flexibility index (Phi) is 4.14. The van der Waals surface area contributed by atoms with Gasteiger partial charge in [-0.1, -0.05) is 59.7 Å². The molecule has 19 heavy (non-hydrogen) atoms. The van der Waals surface area contributed by atoms with Crippen molar-refractivity contribution >= 4 is 5.97 Å². The number of rotatable bonds is 2. The van der Waals surface area contributed by atoms with Gasteiger partial charge in [-0.05, 0) is 34.4 Å². The SMILES string of the molecule is CC(C(=O)O)c1c(C(C)(C)C)cccc1C(C)(C)C. The highest BCUT2D eigenvalue weighted by Crippen LogP contribution is 2.38. The molecule has 1 N–H and O–H groups in total. The predicted octanol–water partition coefficient (Wildman–Crippen LogP) is 4.47. The van der Waals surface area contributed by atoms with Gasteiger partial charge in [0, 0.05) is 0 Å². The van der Waals surface area contributed by atoms with Gasteiger partial charge in [-0.2, -0.15) is 0 Å². The van der Waals surface area contributed by atoms with Crippen molar-refractivity contribution in [1.29, 1.82) is 0 Å². The molecule has 1 atom stereocenters. The van der Waals surface area contributed by atoms with E-state index in [1.165, 1.54) is 0 Å². The van der Waals surface area contributed by atoms with Crippen LogP contribution in [0.3, 0.4) is 0 Å². The summed E-state index contributed by atoms with van der Waals surface area (Å²) in [5.74, 6) is -1.24. The highest BCUT2D eigenvalue weighted by Gasteiger charge is 2.30. The average molecular weight is 262 g/mol. The van der Waals surface area contributed by atoms with Crippen molar-refractivity contribution in [3.63, 3.8) is 0 Å². The van der Waals surface area contributed by atoms with Crippen molar-refractivity contribution in [2.24, 2.45) is 0 Å². The molecular weight excluding hydrogens is 236 g/mol. The second-order valence-corrected chi connectivity index (χ2v) is 7.33. The molecule has 0 bridgehead atoms. The standard InChI is InChI=1S/C17H26O2/c1-11(15(18)19)14-12(16(2,3)4)9-8-10-13(14)17(5,6)7/h8-11H,1-7H3,(H,18,19). The lowest BCUT2D eigenvalue weighted by atomic mass is 9.73. The molecule has 1 unspecified atom stereocenters. The van der Waals surface area contributed by atoms with Gasteiger partial charge in [-0.3, -0.25) is 4.79 Å². The average Bonchev–Trinajstić information content (AvgIpc) is 2.24. The summed E-state index contributed by atoms with van der Waals surface area (Å²) < 4.78 is 0. The molecule has 106 valence electrons. The summed E-state index contributed by atoms with van der Waals surface area (Å²) in [5.41, 5.74) is 3.14. The molecule has 0 amide bonds. The second-order valence-electron chi connectivity index (χ2n) is 7.33. The topological polar surface area (TPSA) is 37.3 Å². The fourth-order valence-electron chi connectivity index (χ4n) is 2.46. The Bertz CT molecular complexity index is 441. The first-order valence-corrected chi connectivity index (χ1v) is 6.83. The van der Waals surface area contributed by atoms with E-state index < -0.39 is 11.9 Å². The zero-order chi connectivity index (χ0) is 15.0. The number of hydrogen-bond donors (Lipinski definition) is 1. The van der Waals surface area contributed by atoms with Crippen LogP contribution in [0.15, 0.2) is 18.2 Å². The van der Waals surface area contributed by atoms with Gasteiger partial charge in [0.05, 0.1) is 5.92 Å². The number of carboxylic acid groups (broad SMARTS) is 1. The normalized spacial score (nSPS) is 14.3. The van der Waals surface area contributed by atoms with Crippen molar-refractivity contribution in [1.82, 2.24) is 0 Å². The molecule has 0 aliphatic carbocycles. The molecule has 1 aromatic carbocycles. The largest absolute Gasteiger partial charge is 0.481 e. The van der Waals surface area contributed by atoms with Crippen LogP contribution in [-0.4, -0.2) is 11.1 Å². The van der Waals surface area contributed by atoms with Gasteiger partial charge in [0.1, 0.15) is 0 Å². The fourth-order valence-corrected chi connectivity index (χ4v) is 2.46. The summed E-state index contributed by atoms with van der Waals surface area (Å²) in [6, 6.07) is 6.16. The highest BCUT2D eigenvalue weighted by atomic mass is 16.4. The minimum absolute atomic E-state index is 0.0553. The van der Waals surface area contributed by atoms with E-state index in [1.54, 1.807) is 6.92 Å². The number of hydrogen-bond acceptors (Lipinski definition) is 1. The smallest absolute Gasteiger partial charge is 0.310 e. The summed E-state index contributed by atoms with van der Waals surface area (Å²) in [4.78, 5) is 11.5. The van der Waals surface area contributed by atoms with Crippen molar-refractivity contribution in [3.8, 4) is 0 Å². The van der Waals surface area contributed by atoms with E-state index in [9.17, 15) is 9.90 Å². The lowest BCUT2D eigenvalue weighted by Crippen LogP contribution is -2.24. The van der Waals surface area contributed by atoms with Gasteiger partial charge >= 0.3 is 5.97 Å². The molecule has 0 saturated carbocycles. The first-order chi connectivity index (χ1) is 8.46. The third-order valence-electron chi connectivity index (χ3n) is 3.53. The Morgan fingerprint density at radius 2 is 1.37 bits per heavy atom. The van der Waals surface area contributed by atoms with E-state index in [0.29, 0.717) is 0 Å². The maximum absolute atomic E-state index is 11.5. The van der Waals surface area contributed by atoms with Crippen LogP contribution in [0.1, 0.15) is 71.1 Å². The quantitative estimate of drug-likeness (QED) is 0.853. The first kappa shape index (κ1) is 15.7. The zero-order valence-electron chi connectivity index (χ0n) is 13.2. The van der Waals surface area contributed by atoms with Crippen LogP contribution in [0.5, 0.6) is 0 Å². The zero-order valence-corrected chi connectivity index (χ0v) is 13.2. The van der Waals surface area contributed by atoms with E-state index in [1.807, 2.05) is 6.07 Å². The molecule has 0 saturated heterocycles. The maximum Gasteiger partial charge on any atom is 0.310 e. The van der Waals surface area contributed by atoms with Crippen molar-refractivity contribution in [3.05, 3.63) is 34.9 Å². The van der Waals surface area contributed by atoms with Crippen LogP contribution in [-0.2, 0) is 15.6 Å². The Labute approximate surface area is 116 Å². The lowest BCUT2D eigenvalue weighted by molar-refractivity contribution is -0.138. The molecule has 0 aliphatic heterocycles. The molecule has 0 spiro atoms. The van der Waals surface area contributed by atoms with Crippen LogP contribution >= 0.6 is 0 Å². The molecule has 0 heterocycles. The summed E-state index contributed by atoms with van der Waals surface area (Å²) >= 11 is 0. The van der Waals surface area contributed by atoms with E-state index in [0.717, 1.165) is 16.7 Å². The molecule has 1 rings (SSSR count). The van der Waals surface area contributed by atoms with Crippen LogP contribution in [0.2, 0.25) is 0 Å². The Hall–Kier alpha value is -1.31. The number of aliphatic carboxylic acids is 1. The van der Waals surface area contributed by atoms with Gasteiger partial charge in [0.25, 0.3) is 0 Å². The van der Waals surface area contributed by atoms with Gasteiger partial charge < -0.3 is 5.11 Å². The fraction of sp³-hybridized carbons (Fsp3) is 0.588. The Balaban J connectivity index is 3.64. The predicted molar refractivity (Wildman–Crippen MR) is 79.9 cm³/mol. The minimum atomic E-state index is -0.762. The maximum atomic E-state index is 11.5. The van der Waals surface area contributed by atoms with E-state index in [4.69, 9.17) is 0 Å². The third kappa shape index (κ3) is 3.37. The second kappa shape index (κ2) is 4.99. The van der Waals surface area contributed by atoms with Crippen molar-refractivity contribution in [2.75, 3.05) is 0 Å². The molecule has 2 nitrogen and oxygen atoms in total. The summed E-state index contributed by atoms with van der Waals surface area (Å²) in [6.45, 7) is 14.6. The third-order valence-corrected chi connectivity index (χ3v) is 3.53. The van der Waals surface area contributed by atoms with Crippen molar-refractivity contribution in [2.45, 2.75) is 65.2 Å². The van der Waals surface area contributed by atoms with Crippen LogP contribution < -0.4 is 0 Å². The van der Waals surface area contributed by atoms with Crippen LogP contribution in [0.25, 0.3) is 0 Å². The van der Waals surface area contributed by atoms with Gasteiger partial charge in [-0.25, -0.2) is 0 Å². The molecular formula is C17H26O2. The number of carboxylic acids is 1. The Morgan fingerprint density at radius 3 is 1.63 bits per heavy atom. The number of carbonyl (C=O) groups is 1. The Morgan fingerprint density at radius 1 is 1.00 bits per heavy atom. The van der Waals surface area contributed by atoms with Crippen LogP contribution in [0.4, 0.5) is 0 Å². The molecule has 2 heteroatoms. The summed E-state index contributed by atoms with van der Waals surface area (Å²) in [7, 11) is 0. The van der Waals surface area contributed by atoms with Gasteiger partial charge in [0.15, 0.2) is 0 Å². The van der Waals surface area contributed by atoms with Crippen LogP contribution in [0, 0.1) is 0 Å². The molecule has 0 radical (unpaired) electrons. The summed E-state index contributed by atoms with van der Waals surface area (Å²) in [5, 5.41) is 9.42. The van der Waals surface area contributed by atoms with E-state index in [-0.39, 0.29) is 10.8 Å². The molecule has 1 aromatic rings. The molecule has 0 aromatic heterocycles. The first-order valence-electron chi connectivity index (χ1n) is 6.83. The van der Waals surface area contributed by atoms with Crippen molar-refractivity contribution < 1.29 is 9.90 Å².